The molecule has 208 valence electrons. The van der Waals surface area contributed by atoms with Crippen LogP contribution < -0.4 is 19.7 Å². The van der Waals surface area contributed by atoms with Crippen LogP contribution in [-0.2, 0) is 29.0 Å². The predicted molar refractivity (Wildman–Crippen MR) is 149 cm³/mol. The number of rotatable bonds is 9. The number of halogens is 3. The van der Waals surface area contributed by atoms with Gasteiger partial charge in [0.1, 0.15) is 12.6 Å². The first kappa shape index (κ1) is 27.5. The summed E-state index contributed by atoms with van der Waals surface area (Å²) in [7, 11) is 1.63. The van der Waals surface area contributed by atoms with E-state index in [1.54, 1.807) is 54.9 Å². The molecule has 2 amide bonds. The Labute approximate surface area is 235 Å². The molecule has 0 fully saturated rings. The lowest BCUT2D eigenvalue weighted by Gasteiger charge is -2.25. The van der Waals surface area contributed by atoms with Gasteiger partial charge in [-0.05, 0) is 42.3 Å². The monoisotopic (exact) mass is 567 g/mol. The largest absolute Gasteiger partial charge is 0.454 e. The molecule has 40 heavy (non-hydrogen) atoms. The quantitative estimate of drug-likeness (QED) is 0.289. The standard InChI is InChI=1S/C30H28ClF2N3O4/c1-18-21(15-27(32)33)29-22(31)9-6-10-24(29)36(18)16-28(37)34-23(13-19-7-4-3-5-8-19)30(38)35(2)20-11-12-25-26(14-20)40-17-39-25/h3-12,14,23,27H,13,15-17H2,1-2H3,(H,34,37). The Kier molecular flexibility index (Phi) is 7.93. The Morgan fingerprint density at radius 2 is 1.77 bits per heavy atom. The van der Waals surface area contributed by atoms with Crippen molar-refractivity contribution in [2.45, 2.75) is 38.8 Å². The fourth-order valence-electron chi connectivity index (χ4n) is 5.06. The highest BCUT2D eigenvalue weighted by molar-refractivity contribution is 6.35. The smallest absolute Gasteiger partial charge is 0.249 e. The van der Waals surface area contributed by atoms with E-state index in [0.29, 0.717) is 44.4 Å². The van der Waals surface area contributed by atoms with Gasteiger partial charge in [-0.25, -0.2) is 8.78 Å². The molecule has 1 aromatic heterocycles. The predicted octanol–water partition coefficient (Wildman–Crippen LogP) is 5.53. The van der Waals surface area contributed by atoms with Gasteiger partial charge in [0.15, 0.2) is 11.5 Å². The first-order valence-electron chi connectivity index (χ1n) is 12.8. The van der Waals surface area contributed by atoms with Crippen molar-refractivity contribution >= 4 is 40.0 Å². The molecule has 3 aromatic carbocycles. The molecule has 1 unspecified atom stereocenters. The minimum Gasteiger partial charge on any atom is -0.454 e. The third kappa shape index (κ3) is 5.60. The summed E-state index contributed by atoms with van der Waals surface area (Å²) in [5.41, 5.74) is 2.97. The topological polar surface area (TPSA) is 72.8 Å². The van der Waals surface area contributed by atoms with Crippen LogP contribution in [0.25, 0.3) is 10.9 Å². The highest BCUT2D eigenvalue weighted by Gasteiger charge is 2.28. The molecule has 0 bridgehead atoms. The minimum absolute atomic E-state index is 0.112. The van der Waals surface area contributed by atoms with E-state index in [1.165, 1.54) is 4.90 Å². The van der Waals surface area contributed by atoms with Crippen LogP contribution in [0.2, 0.25) is 5.02 Å². The van der Waals surface area contributed by atoms with E-state index in [9.17, 15) is 18.4 Å². The maximum atomic E-state index is 13.7. The number of likely N-dealkylation sites (N-methyl/N-ethyl adjacent to an activating group) is 1. The number of hydrogen-bond acceptors (Lipinski definition) is 4. The molecule has 2 heterocycles. The molecule has 1 atom stereocenters. The molecule has 1 aliphatic rings. The van der Waals surface area contributed by atoms with Crippen LogP contribution in [-0.4, -0.2) is 42.7 Å². The van der Waals surface area contributed by atoms with Crippen molar-refractivity contribution in [3.8, 4) is 11.5 Å². The Balaban J connectivity index is 1.42. The minimum atomic E-state index is -2.57. The number of amides is 2. The Hall–Kier alpha value is -4.11. The second-order valence-corrected chi connectivity index (χ2v) is 10.0. The summed E-state index contributed by atoms with van der Waals surface area (Å²) in [6.07, 6.45) is -2.79. The van der Waals surface area contributed by atoms with E-state index in [1.807, 2.05) is 30.3 Å². The zero-order valence-corrected chi connectivity index (χ0v) is 22.8. The van der Waals surface area contributed by atoms with Gasteiger partial charge < -0.3 is 24.3 Å². The molecule has 10 heteroatoms. The molecule has 0 radical (unpaired) electrons. The van der Waals surface area contributed by atoms with Crippen molar-refractivity contribution in [1.82, 2.24) is 9.88 Å². The van der Waals surface area contributed by atoms with E-state index in [2.05, 4.69) is 5.32 Å². The molecule has 1 N–H and O–H groups in total. The molecule has 5 rings (SSSR count). The number of carbonyl (C=O) groups excluding carboxylic acids is 2. The average molecular weight is 568 g/mol. The molecular weight excluding hydrogens is 540 g/mol. The van der Waals surface area contributed by atoms with Gasteiger partial charge in [0.05, 0.1) is 10.5 Å². The third-order valence-electron chi connectivity index (χ3n) is 7.08. The number of aromatic nitrogens is 1. The van der Waals surface area contributed by atoms with Gasteiger partial charge in [-0.15, -0.1) is 0 Å². The Morgan fingerprint density at radius 1 is 1.02 bits per heavy atom. The lowest BCUT2D eigenvalue weighted by Crippen LogP contribution is -2.49. The Morgan fingerprint density at radius 3 is 2.52 bits per heavy atom. The molecule has 0 saturated heterocycles. The fourth-order valence-corrected chi connectivity index (χ4v) is 5.34. The van der Waals surface area contributed by atoms with Crippen LogP contribution in [0.5, 0.6) is 11.5 Å². The maximum Gasteiger partial charge on any atom is 0.249 e. The fraction of sp³-hybridized carbons (Fsp3) is 0.267. The van der Waals surface area contributed by atoms with Crippen LogP contribution in [0.3, 0.4) is 0 Å². The summed E-state index contributed by atoms with van der Waals surface area (Å²) in [5, 5.41) is 3.74. The first-order chi connectivity index (χ1) is 19.2. The van der Waals surface area contributed by atoms with Gasteiger partial charge in [-0.2, -0.15) is 0 Å². The van der Waals surface area contributed by atoms with Gasteiger partial charge >= 0.3 is 0 Å². The van der Waals surface area contributed by atoms with Gasteiger partial charge in [0, 0.05) is 42.7 Å². The molecule has 0 aliphatic carbocycles. The van der Waals surface area contributed by atoms with Crippen LogP contribution in [0.15, 0.2) is 66.7 Å². The van der Waals surface area contributed by atoms with Crippen molar-refractivity contribution in [3.63, 3.8) is 0 Å². The van der Waals surface area contributed by atoms with E-state index in [4.69, 9.17) is 21.1 Å². The number of anilines is 1. The van der Waals surface area contributed by atoms with E-state index >= 15 is 0 Å². The van der Waals surface area contributed by atoms with Gasteiger partial charge in [0.2, 0.25) is 25.0 Å². The van der Waals surface area contributed by atoms with Crippen molar-refractivity contribution < 1.29 is 27.8 Å². The van der Waals surface area contributed by atoms with Crippen molar-refractivity contribution in [2.75, 3.05) is 18.7 Å². The van der Waals surface area contributed by atoms with Crippen LogP contribution in [0, 0.1) is 6.92 Å². The number of alkyl halides is 2. The summed E-state index contributed by atoms with van der Waals surface area (Å²) in [6, 6.07) is 18.8. The summed E-state index contributed by atoms with van der Waals surface area (Å²) >= 11 is 6.39. The molecule has 0 spiro atoms. The van der Waals surface area contributed by atoms with E-state index in [-0.39, 0.29) is 25.7 Å². The maximum absolute atomic E-state index is 13.7. The van der Waals surface area contributed by atoms with Crippen molar-refractivity contribution in [3.05, 3.63) is 88.6 Å². The number of nitrogens with one attached hydrogen (secondary N) is 1. The summed E-state index contributed by atoms with van der Waals surface area (Å²) in [6.45, 7) is 1.64. The lowest BCUT2D eigenvalue weighted by atomic mass is 10.0. The first-order valence-corrected chi connectivity index (χ1v) is 13.2. The molecule has 1 aliphatic heterocycles. The van der Waals surface area contributed by atoms with Gasteiger partial charge in [0.25, 0.3) is 0 Å². The zero-order valence-electron chi connectivity index (χ0n) is 22.0. The van der Waals surface area contributed by atoms with Crippen molar-refractivity contribution in [1.29, 1.82) is 0 Å². The number of fused-ring (bicyclic) bond motifs is 2. The SMILES string of the molecule is Cc1c(CC(F)F)c2c(Cl)cccc2n1CC(=O)NC(Cc1ccccc1)C(=O)N(C)c1ccc2c(c1)OCO2. The second-order valence-electron chi connectivity index (χ2n) is 9.62. The summed E-state index contributed by atoms with van der Waals surface area (Å²) < 4.78 is 39.3. The van der Waals surface area contributed by atoms with E-state index in [0.717, 1.165) is 5.56 Å². The number of benzene rings is 3. The van der Waals surface area contributed by atoms with E-state index < -0.39 is 24.8 Å². The Bertz CT molecular complexity index is 1560. The average Bonchev–Trinajstić information content (AvgIpc) is 3.51. The molecule has 4 aromatic rings. The summed E-state index contributed by atoms with van der Waals surface area (Å²) in [4.78, 5) is 28.6. The number of nitrogens with zero attached hydrogens (tertiary/aromatic N) is 2. The molecule has 7 nitrogen and oxygen atoms in total. The highest BCUT2D eigenvalue weighted by Crippen LogP contribution is 2.36. The highest BCUT2D eigenvalue weighted by atomic mass is 35.5. The molecular formula is C30H28ClF2N3O4. The van der Waals surface area contributed by atoms with Crippen LogP contribution in [0.4, 0.5) is 14.5 Å². The third-order valence-corrected chi connectivity index (χ3v) is 7.39. The molecule has 0 saturated carbocycles. The van der Waals surface area contributed by atoms with Gasteiger partial charge in [-0.1, -0.05) is 48.0 Å². The van der Waals surface area contributed by atoms with Crippen LogP contribution in [0.1, 0.15) is 16.8 Å². The number of ether oxygens (including phenoxy) is 2. The normalized spacial score (nSPS) is 13.1. The number of hydrogen-bond donors (Lipinski definition) is 1. The lowest BCUT2D eigenvalue weighted by molar-refractivity contribution is -0.127. The zero-order chi connectivity index (χ0) is 28.4. The van der Waals surface area contributed by atoms with Crippen LogP contribution >= 0.6 is 11.6 Å². The van der Waals surface area contributed by atoms with Gasteiger partial charge in [-0.3, -0.25) is 9.59 Å². The second kappa shape index (κ2) is 11.6. The number of carbonyl (C=O) groups is 2. The summed E-state index contributed by atoms with van der Waals surface area (Å²) in [5.74, 6) is 0.372. The van der Waals surface area contributed by atoms with Crippen molar-refractivity contribution in [2.24, 2.45) is 0 Å².